The van der Waals surface area contributed by atoms with E-state index < -0.39 is 17.2 Å². The molecule has 7 heteroatoms. The smallest absolute Gasteiger partial charge is 0.341 e. The molecule has 0 radical (unpaired) electrons. The van der Waals surface area contributed by atoms with Gasteiger partial charge in [0.25, 0.3) is 0 Å². The minimum Gasteiger partial charge on any atom is -0.477 e. The molecule has 4 rings (SSSR count). The molecule has 2 fully saturated rings. The fourth-order valence-corrected chi connectivity index (χ4v) is 4.22. The summed E-state index contributed by atoms with van der Waals surface area (Å²) >= 11 is 6.63. The molecule has 0 spiro atoms. The van der Waals surface area contributed by atoms with Crippen LogP contribution in [0.4, 0.5) is 10.1 Å². The number of aromatic nitrogens is 1. The number of pyridine rings is 1. The lowest BCUT2D eigenvalue weighted by atomic mass is 10.1. The van der Waals surface area contributed by atoms with E-state index in [1.54, 1.807) is 4.57 Å². The van der Waals surface area contributed by atoms with Gasteiger partial charge in [-0.05, 0) is 31.7 Å². The minimum absolute atomic E-state index is 0.0397. The second-order valence-electron chi connectivity index (χ2n) is 7.13. The van der Waals surface area contributed by atoms with Gasteiger partial charge in [-0.15, -0.1) is 0 Å². The van der Waals surface area contributed by atoms with Crippen molar-refractivity contribution < 1.29 is 14.3 Å². The first-order chi connectivity index (χ1) is 12.5. The highest BCUT2D eigenvalue weighted by Gasteiger charge is 2.30. The predicted molar refractivity (Wildman–Crippen MR) is 99.1 cm³/mol. The Labute approximate surface area is 155 Å². The first kappa shape index (κ1) is 17.3. The Kier molecular flexibility index (Phi) is 4.39. The Hall–Kier alpha value is -2.08. The van der Waals surface area contributed by atoms with E-state index in [1.807, 2.05) is 4.90 Å². The van der Waals surface area contributed by atoms with Crippen LogP contribution in [-0.2, 0) is 0 Å². The van der Waals surface area contributed by atoms with Gasteiger partial charge >= 0.3 is 5.97 Å². The highest BCUT2D eigenvalue weighted by Crippen LogP contribution is 2.42. The SMILES string of the molecule is O=C(O)c1cn(C2CC2)c2c(Cl)c(N3CCCCCC3)c(F)cc2c1=O. The third-order valence-electron chi connectivity index (χ3n) is 5.28. The number of nitrogens with zero attached hydrogens (tertiary/aromatic N) is 2. The summed E-state index contributed by atoms with van der Waals surface area (Å²) in [5.41, 5.74) is -0.252. The van der Waals surface area contributed by atoms with Gasteiger partial charge in [-0.25, -0.2) is 9.18 Å². The van der Waals surface area contributed by atoms with Crippen molar-refractivity contribution in [2.45, 2.75) is 44.6 Å². The fourth-order valence-electron chi connectivity index (χ4n) is 3.81. The molecule has 5 nitrogen and oxygen atoms in total. The zero-order chi connectivity index (χ0) is 18.4. The standard InChI is InChI=1S/C19H20ClFN2O3/c20-15-16-12(9-14(21)17(15)22-7-3-1-2-4-8-22)18(24)13(19(25)26)10-23(16)11-5-6-11/h9-11H,1-8H2,(H,25,26). The zero-order valence-corrected chi connectivity index (χ0v) is 15.1. The molecule has 1 saturated heterocycles. The molecule has 1 aromatic heterocycles. The number of carbonyl (C=O) groups is 1. The van der Waals surface area contributed by atoms with Crippen LogP contribution in [0.1, 0.15) is 54.9 Å². The lowest BCUT2D eigenvalue weighted by Crippen LogP contribution is -2.26. The van der Waals surface area contributed by atoms with Crippen molar-refractivity contribution in [1.82, 2.24) is 4.57 Å². The molecule has 26 heavy (non-hydrogen) atoms. The van der Waals surface area contributed by atoms with Gasteiger partial charge in [0.15, 0.2) is 0 Å². The van der Waals surface area contributed by atoms with E-state index in [-0.39, 0.29) is 22.0 Å². The van der Waals surface area contributed by atoms with Crippen LogP contribution >= 0.6 is 11.6 Å². The highest BCUT2D eigenvalue weighted by atomic mass is 35.5. The first-order valence-corrected chi connectivity index (χ1v) is 9.42. The Balaban J connectivity index is 1.99. The van der Waals surface area contributed by atoms with Crippen molar-refractivity contribution in [2.75, 3.05) is 18.0 Å². The first-order valence-electron chi connectivity index (χ1n) is 9.04. The summed E-state index contributed by atoms with van der Waals surface area (Å²) in [4.78, 5) is 26.0. The van der Waals surface area contributed by atoms with Crippen molar-refractivity contribution in [3.63, 3.8) is 0 Å². The molecule has 2 aliphatic rings. The molecule has 1 aliphatic heterocycles. The number of hydrogen-bond donors (Lipinski definition) is 1. The van der Waals surface area contributed by atoms with Crippen molar-refractivity contribution in [2.24, 2.45) is 0 Å². The van der Waals surface area contributed by atoms with Crippen molar-refractivity contribution in [1.29, 1.82) is 0 Å². The van der Waals surface area contributed by atoms with Gasteiger partial charge in [0.05, 0.1) is 21.6 Å². The average Bonchev–Trinajstić information content (AvgIpc) is 3.42. The molecule has 1 aliphatic carbocycles. The summed E-state index contributed by atoms with van der Waals surface area (Å²) in [5.74, 6) is -1.87. The van der Waals surface area contributed by atoms with Gasteiger partial charge in [-0.2, -0.15) is 0 Å². The summed E-state index contributed by atoms with van der Waals surface area (Å²) < 4.78 is 16.7. The van der Waals surface area contributed by atoms with E-state index >= 15 is 0 Å². The molecular weight excluding hydrogens is 359 g/mol. The van der Waals surface area contributed by atoms with Crippen LogP contribution in [0, 0.1) is 5.82 Å². The second-order valence-corrected chi connectivity index (χ2v) is 7.51. The number of carboxylic acids is 1. The summed E-state index contributed by atoms with van der Waals surface area (Å²) in [5, 5.41) is 9.58. The fraction of sp³-hybridized carbons (Fsp3) is 0.474. The maximum atomic E-state index is 14.9. The van der Waals surface area contributed by atoms with Crippen LogP contribution in [0.2, 0.25) is 5.02 Å². The molecule has 1 saturated carbocycles. The molecule has 0 bridgehead atoms. The highest BCUT2D eigenvalue weighted by molar-refractivity contribution is 6.38. The monoisotopic (exact) mass is 378 g/mol. The van der Waals surface area contributed by atoms with E-state index in [0.29, 0.717) is 11.2 Å². The van der Waals surface area contributed by atoms with E-state index in [2.05, 4.69) is 0 Å². The maximum Gasteiger partial charge on any atom is 0.341 e. The van der Waals surface area contributed by atoms with Gasteiger partial charge in [0, 0.05) is 25.3 Å². The lowest BCUT2D eigenvalue weighted by molar-refractivity contribution is 0.0695. The number of benzene rings is 1. The molecule has 0 unspecified atom stereocenters. The summed E-state index contributed by atoms with van der Waals surface area (Å²) in [6, 6.07) is 1.27. The zero-order valence-electron chi connectivity index (χ0n) is 14.3. The number of anilines is 1. The van der Waals surface area contributed by atoms with Crippen molar-refractivity contribution in [3.05, 3.63) is 38.9 Å². The number of aromatic carboxylic acids is 1. The average molecular weight is 379 g/mol. The quantitative estimate of drug-likeness (QED) is 0.869. The van der Waals surface area contributed by atoms with Crippen LogP contribution in [0.15, 0.2) is 17.1 Å². The maximum absolute atomic E-state index is 14.9. The molecule has 2 heterocycles. The van der Waals surface area contributed by atoms with Crippen molar-refractivity contribution in [3.8, 4) is 0 Å². The summed E-state index contributed by atoms with van der Waals surface area (Å²) in [6.45, 7) is 1.45. The summed E-state index contributed by atoms with van der Waals surface area (Å²) in [6.07, 6.45) is 7.31. The molecular formula is C19H20ClFN2O3. The topological polar surface area (TPSA) is 62.5 Å². The van der Waals surface area contributed by atoms with Crippen LogP contribution in [0.5, 0.6) is 0 Å². The van der Waals surface area contributed by atoms with E-state index in [4.69, 9.17) is 11.6 Å². The van der Waals surface area contributed by atoms with Crippen LogP contribution in [0.3, 0.4) is 0 Å². The Bertz CT molecular complexity index is 944. The third-order valence-corrected chi connectivity index (χ3v) is 5.63. The van der Waals surface area contributed by atoms with Gasteiger partial charge in [0.1, 0.15) is 11.4 Å². The van der Waals surface area contributed by atoms with Gasteiger partial charge in [-0.3, -0.25) is 4.79 Å². The second kappa shape index (κ2) is 6.58. The lowest BCUT2D eigenvalue weighted by Gasteiger charge is -2.26. The van der Waals surface area contributed by atoms with Crippen LogP contribution in [-0.4, -0.2) is 28.7 Å². The van der Waals surface area contributed by atoms with E-state index in [9.17, 15) is 19.1 Å². The Morgan fingerprint density at radius 1 is 1.19 bits per heavy atom. The molecule has 1 aromatic carbocycles. The number of halogens is 2. The number of fused-ring (bicyclic) bond motifs is 1. The normalized spacial score (nSPS) is 18.2. The van der Waals surface area contributed by atoms with Gasteiger partial charge in [0.2, 0.25) is 5.43 Å². The largest absolute Gasteiger partial charge is 0.477 e. The predicted octanol–water partition coefficient (Wildman–Crippen LogP) is 4.21. The Morgan fingerprint density at radius 3 is 2.42 bits per heavy atom. The minimum atomic E-state index is -1.31. The van der Waals surface area contributed by atoms with Crippen molar-refractivity contribution >= 4 is 34.2 Å². The number of carboxylic acid groups (broad SMARTS) is 1. The van der Waals surface area contributed by atoms with Crippen LogP contribution in [0.25, 0.3) is 10.9 Å². The molecule has 1 N–H and O–H groups in total. The molecule has 0 atom stereocenters. The summed E-state index contributed by atoms with van der Waals surface area (Å²) in [7, 11) is 0. The number of hydrogen-bond acceptors (Lipinski definition) is 3. The Morgan fingerprint density at radius 2 is 1.85 bits per heavy atom. The van der Waals surface area contributed by atoms with Gasteiger partial charge < -0.3 is 14.6 Å². The third kappa shape index (κ3) is 2.86. The number of rotatable bonds is 3. The molecule has 2 aromatic rings. The van der Waals surface area contributed by atoms with Crippen LogP contribution < -0.4 is 10.3 Å². The van der Waals surface area contributed by atoms with E-state index in [0.717, 1.165) is 57.7 Å². The molecule has 138 valence electrons. The molecule has 0 amide bonds. The van der Waals surface area contributed by atoms with E-state index in [1.165, 1.54) is 6.20 Å². The van der Waals surface area contributed by atoms with Gasteiger partial charge in [-0.1, -0.05) is 24.4 Å².